The molecule has 3 nitrogen and oxygen atoms in total. The molecule has 5 atom stereocenters. The molecule has 21 heavy (non-hydrogen) atoms. The minimum atomic E-state index is -0.575. The first-order valence-corrected chi connectivity index (χ1v) is 7.82. The highest BCUT2D eigenvalue weighted by molar-refractivity contribution is 5.76. The molecule has 0 radical (unpaired) electrons. The van der Waals surface area contributed by atoms with Gasteiger partial charge in [-0.3, -0.25) is 4.79 Å². The smallest absolute Gasteiger partial charge is 0.323 e. The predicted molar refractivity (Wildman–Crippen MR) is 82.5 cm³/mol. The van der Waals surface area contributed by atoms with Crippen molar-refractivity contribution in [1.82, 2.24) is 0 Å². The molecule has 0 bridgehead atoms. The number of hydrogen-bond donors (Lipinski definition) is 1. The Morgan fingerprint density at radius 3 is 2.86 bits per heavy atom. The van der Waals surface area contributed by atoms with E-state index in [0.29, 0.717) is 24.2 Å². The molecule has 1 aromatic carbocycles. The molecule has 0 aliphatic heterocycles. The van der Waals surface area contributed by atoms with Crippen LogP contribution in [0, 0.1) is 17.8 Å². The Morgan fingerprint density at radius 2 is 2.10 bits per heavy atom. The van der Waals surface area contributed by atoms with E-state index in [2.05, 4.69) is 19.1 Å². The molecular formula is C18H23NO2. The first-order valence-electron chi connectivity index (χ1n) is 7.82. The molecule has 3 rings (SSSR count). The van der Waals surface area contributed by atoms with Gasteiger partial charge in [0.05, 0.1) is 0 Å². The van der Waals surface area contributed by atoms with Crippen LogP contribution in [0.4, 0.5) is 0 Å². The molecule has 3 heteroatoms. The maximum absolute atomic E-state index is 12.2. The van der Waals surface area contributed by atoms with Gasteiger partial charge in [-0.2, -0.15) is 0 Å². The Morgan fingerprint density at radius 1 is 1.33 bits per heavy atom. The Kier molecular flexibility index (Phi) is 4.11. The van der Waals surface area contributed by atoms with Gasteiger partial charge in [0.25, 0.3) is 0 Å². The zero-order chi connectivity index (χ0) is 14.8. The summed E-state index contributed by atoms with van der Waals surface area (Å²) < 4.78 is 5.69. The summed E-state index contributed by atoms with van der Waals surface area (Å²) in [5, 5.41) is 0. The van der Waals surface area contributed by atoms with E-state index in [-0.39, 0.29) is 12.1 Å². The Bertz CT molecular complexity index is 525. The maximum Gasteiger partial charge on any atom is 0.323 e. The van der Waals surface area contributed by atoms with Crippen LogP contribution < -0.4 is 5.73 Å². The highest BCUT2D eigenvalue weighted by atomic mass is 16.5. The van der Waals surface area contributed by atoms with Gasteiger partial charge in [-0.05, 0) is 36.2 Å². The summed E-state index contributed by atoms with van der Waals surface area (Å²) >= 11 is 0. The van der Waals surface area contributed by atoms with Crippen LogP contribution in [0.15, 0.2) is 42.5 Å². The van der Waals surface area contributed by atoms with E-state index in [1.165, 1.54) is 6.42 Å². The molecule has 0 saturated heterocycles. The fraction of sp³-hybridized carbons (Fsp3) is 0.500. The molecule has 112 valence electrons. The van der Waals surface area contributed by atoms with E-state index in [4.69, 9.17) is 10.5 Å². The third kappa shape index (κ3) is 3.35. The van der Waals surface area contributed by atoms with E-state index in [1.807, 2.05) is 30.3 Å². The summed E-state index contributed by atoms with van der Waals surface area (Å²) in [4.78, 5) is 12.2. The summed E-state index contributed by atoms with van der Waals surface area (Å²) in [5.41, 5.74) is 7.07. The molecule has 0 heterocycles. The standard InChI is InChI=1S/C18H23NO2/c1-12-6-5-9-17(15-11-14(12)15)21-18(20)16(19)10-13-7-3-2-4-8-13/h2-8,12,14-17H,9-11,19H2,1H3/t12-,14?,15?,16-,17?/m0/s1. The molecule has 2 aliphatic rings. The first kappa shape index (κ1) is 14.3. The fourth-order valence-electron chi connectivity index (χ4n) is 3.34. The second-order valence-electron chi connectivity index (χ2n) is 6.36. The maximum atomic E-state index is 12.2. The second-order valence-corrected chi connectivity index (χ2v) is 6.36. The molecule has 0 amide bonds. The Balaban J connectivity index is 1.55. The topological polar surface area (TPSA) is 52.3 Å². The van der Waals surface area contributed by atoms with Gasteiger partial charge < -0.3 is 10.5 Å². The molecule has 1 saturated carbocycles. The lowest BCUT2D eigenvalue weighted by atomic mass is 10.0. The molecule has 2 aliphatic carbocycles. The lowest BCUT2D eigenvalue weighted by Crippen LogP contribution is -2.37. The third-order valence-corrected chi connectivity index (χ3v) is 4.72. The van der Waals surface area contributed by atoms with Crippen molar-refractivity contribution in [3.63, 3.8) is 0 Å². The SMILES string of the molecule is C[C@H]1C=CCC(OC(=O)[C@@H](N)Cc2ccccc2)C2CC21. The van der Waals surface area contributed by atoms with E-state index >= 15 is 0 Å². The van der Waals surface area contributed by atoms with Crippen LogP contribution in [-0.2, 0) is 16.0 Å². The van der Waals surface area contributed by atoms with Crippen LogP contribution in [0.1, 0.15) is 25.3 Å². The third-order valence-electron chi connectivity index (χ3n) is 4.72. The minimum absolute atomic E-state index is 0.0190. The van der Waals surface area contributed by atoms with Crippen molar-refractivity contribution in [3.8, 4) is 0 Å². The van der Waals surface area contributed by atoms with E-state index in [9.17, 15) is 4.79 Å². The molecule has 2 N–H and O–H groups in total. The summed E-state index contributed by atoms with van der Waals surface area (Å²) in [5.74, 6) is 1.56. The zero-order valence-electron chi connectivity index (χ0n) is 12.4. The number of carbonyl (C=O) groups is 1. The number of carbonyl (C=O) groups excluding carboxylic acids is 1. The second kappa shape index (κ2) is 6.02. The average molecular weight is 285 g/mol. The summed E-state index contributed by atoms with van der Waals surface area (Å²) in [7, 11) is 0. The quantitative estimate of drug-likeness (QED) is 0.683. The number of nitrogens with two attached hydrogens (primary N) is 1. The minimum Gasteiger partial charge on any atom is -0.461 e. The number of esters is 1. The van der Waals surface area contributed by atoms with Gasteiger partial charge in [0.2, 0.25) is 0 Å². The van der Waals surface area contributed by atoms with Crippen molar-refractivity contribution in [1.29, 1.82) is 0 Å². The number of rotatable bonds is 4. The van der Waals surface area contributed by atoms with Gasteiger partial charge >= 0.3 is 5.97 Å². The van der Waals surface area contributed by atoms with Crippen molar-refractivity contribution < 1.29 is 9.53 Å². The summed E-state index contributed by atoms with van der Waals surface area (Å²) in [6.07, 6.45) is 6.96. The van der Waals surface area contributed by atoms with Crippen LogP contribution in [0.2, 0.25) is 0 Å². The average Bonchev–Trinajstić information content (AvgIpc) is 3.27. The molecule has 3 unspecified atom stereocenters. The largest absolute Gasteiger partial charge is 0.461 e. The normalized spacial score (nSPS) is 31.9. The lowest BCUT2D eigenvalue weighted by Gasteiger charge is -2.19. The van der Waals surface area contributed by atoms with Gasteiger partial charge in [0.15, 0.2) is 0 Å². The van der Waals surface area contributed by atoms with Gasteiger partial charge in [-0.1, -0.05) is 49.4 Å². The molecule has 0 spiro atoms. The van der Waals surface area contributed by atoms with Crippen molar-refractivity contribution in [2.24, 2.45) is 23.5 Å². The molecule has 0 aromatic heterocycles. The van der Waals surface area contributed by atoms with Crippen LogP contribution in [-0.4, -0.2) is 18.1 Å². The van der Waals surface area contributed by atoms with Crippen molar-refractivity contribution in [2.75, 3.05) is 0 Å². The predicted octanol–water partition coefficient (Wildman–Crippen LogP) is 2.70. The fourth-order valence-corrected chi connectivity index (χ4v) is 3.34. The highest BCUT2D eigenvalue weighted by Gasteiger charge is 2.47. The van der Waals surface area contributed by atoms with E-state index < -0.39 is 6.04 Å². The highest BCUT2D eigenvalue weighted by Crippen LogP contribution is 2.50. The summed E-state index contributed by atoms with van der Waals surface area (Å²) in [6, 6.07) is 9.27. The number of allylic oxidation sites excluding steroid dienone is 1. The van der Waals surface area contributed by atoms with Crippen LogP contribution in [0.25, 0.3) is 0 Å². The molecule has 1 fully saturated rings. The number of benzene rings is 1. The first-order chi connectivity index (χ1) is 10.1. The number of fused-ring (bicyclic) bond motifs is 1. The zero-order valence-corrected chi connectivity index (χ0v) is 12.4. The van der Waals surface area contributed by atoms with Crippen LogP contribution >= 0.6 is 0 Å². The monoisotopic (exact) mass is 285 g/mol. The number of ether oxygens (including phenoxy) is 1. The van der Waals surface area contributed by atoms with Crippen LogP contribution in [0.5, 0.6) is 0 Å². The van der Waals surface area contributed by atoms with E-state index in [0.717, 1.165) is 12.0 Å². The molecule has 1 aromatic rings. The van der Waals surface area contributed by atoms with Gasteiger partial charge in [0, 0.05) is 6.42 Å². The van der Waals surface area contributed by atoms with Crippen LogP contribution in [0.3, 0.4) is 0 Å². The molecular weight excluding hydrogens is 262 g/mol. The van der Waals surface area contributed by atoms with Crippen molar-refractivity contribution in [3.05, 3.63) is 48.0 Å². The number of hydrogen-bond acceptors (Lipinski definition) is 3. The summed E-state index contributed by atoms with van der Waals surface area (Å²) in [6.45, 7) is 2.24. The Labute approximate surface area is 126 Å². The van der Waals surface area contributed by atoms with Crippen molar-refractivity contribution in [2.45, 2.75) is 38.3 Å². The lowest BCUT2D eigenvalue weighted by molar-refractivity contribution is -0.151. The van der Waals surface area contributed by atoms with E-state index in [1.54, 1.807) is 0 Å². The van der Waals surface area contributed by atoms with Gasteiger partial charge in [-0.15, -0.1) is 0 Å². The Hall–Kier alpha value is -1.61. The van der Waals surface area contributed by atoms with Crippen molar-refractivity contribution >= 4 is 5.97 Å². The van der Waals surface area contributed by atoms with Gasteiger partial charge in [0.1, 0.15) is 12.1 Å². The van der Waals surface area contributed by atoms with Gasteiger partial charge in [-0.25, -0.2) is 0 Å².